The van der Waals surface area contributed by atoms with Gasteiger partial charge >= 0.3 is 5.97 Å². The van der Waals surface area contributed by atoms with E-state index >= 15 is 0 Å². The van der Waals surface area contributed by atoms with Gasteiger partial charge in [0.25, 0.3) is 0 Å². The molecule has 0 amide bonds. The van der Waals surface area contributed by atoms with Gasteiger partial charge in [-0.2, -0.15) is 0 Å². The zero-order valence-electron chi connectivity index (χ0n) is 8.93. The van der Waals surface area contributed by atoms with Crippen molar-refractivity contribution in [2.75, 3.05) is 14.2 Å². The van der Waals surface area contributed by atoms with Crippen LogP contribution in [-0.4, -0.2) is 25.3 Å². The Hall–Kier alpha value is -1.62. The molecule has 0 unspecified atom stereocenters. The summed E-state index contributed by atoms with van der Waals surface area (Å²) in [6.45, 7) is 0. The van der Waals surface area contributed by atoms with Crippen LogP contribution in [0.3, 0.4) is 0 Å². The molecule has 1 N–H and O–H groups in total. The number of ether oxygens (including phenoxy) is 2. The number of hydrogen-bond donors (Lipinski definition) is 2. The minimum Gasteiger partial charge on any atom is -0.497 e. The highest BCUT2D eigenvalue weighted by atomic mass is 32.1. The fraction of sp³-hybridized carbons (Fsp3) is 0.182. The summed E-state index contributed by atoms with van der Waals surface area (Å²) in [5, 5.41) is 8.70. The third-order valence-corrected chi connectivity index (χ3v) is 2.27. The van der Waals surface area contributed by atoms with Gasteiger partial charge in [0.1, 0.15) is 11.5 Å². The van der Waals surface area contributed by atoms with E-state index in [4.69, 9.17) is 14.6 Å². The zero-order chi connectivity index (χ0) is 12.1. The minimum atomic E-state index is -1.08. The van der Waals surface area contributed by atoms with Crippen LogP contribution in [0.1, 0.15) is 5.56 Å². The molecule has 16 heavy (non-hydrogen) atoms. The molecule has 0 heterocycles. The second-order valence-electron chi connectivity index (χ2n) is 2.94. The summed E-state index contributed by atoms with van der Waals surface area (Å²) in [7, 11) is 3.05. The Morgan fingerprint density at radius 3 is 2.56 bits per heavy atom. The summed E-state index contributed by atoms with van der Waals surface area (Å²) in [6.07, 6.45) is 1.42. The lowest BCUT2D eigenvalue weighted by molar-refractivity contribution is -0.131. The van der Waals surface area contributed by atoms with Gasteiger partial charge in [0.05, 0.1) is 19.1 Å². The van der Waals surface area contributed by atoms with Crippen LogP contribution in [-0.2, 0) is 4.79 Å². The predicted octanol–water partition coefficient (Wildman–Crippen LogP) is 2.06. The highest BCUT2D eigenvalue weighted by molar-refractivity contribution is 7.85. The lowest BCUT2D eigenvalue weighted by Gasteiger charge is -2.07. The summed E-state index contributed by atoms with van der Waals surface area (Å²) in [6, 6.07) is 5.10. The first-order valence-corrected chi connectivity index (χ1v) is 4.89. The summed E-state index contributed by atoms with van der Waals surface area (Å²) < 4.78 is 10.1. The van der Waals surface area contributed by atoms with Crippen LogP contribution < -0.4 is 9.47 Å². The zero-order valence-corrected chi connectivity index (χ0v) is 9.82. The fourth-order valence-electron chi connectivity index (χ4n) is 1.15. The molecule has 4 nitrogen and oxygen atoms in total. The Bertz CT molecular complexity index is 426. The maximum Gasteiger partial charge on any atom is 0.341 e. The first kappa shape index (κ1) is 12.4. The van der Waals surface area contributed by atoms with E-state index in [0.29, 0.717) is 17.1 Å². The normalized spacial score (nSPS) is 11.1. The molecule has 1 aromatic rings. The highest BCUT2D eigenvalue weighted by Crippen LogP contribution is 2.26. The Labute approximate surface area is 98.9 Å². The van der Waals surface area contributed by atoms with E-state index in [0.717, 1.165) is 0 Å². The third-order valence-electron chi connectivity index (χ3n) is 1.95. The molecule has 1 rings (SSSR count). The van der Waals surface area contributed by atoms with Crippen molar-refractivity contribution in [1.82, 2.24) is 0 Å². The highest BCUT2D eigenvalue weighted by Gasteiger charge is 2.06. The van der Waals surface area contributed by atoms with Crippen molar-refractivity contribution in [3.63, 3.8) is 0 Å². The number of benzene rings is 1. The molecular formula is C11H12O4S. The van der Waals surface area contributed by atoms with E-state index in [9.17, 15) is 4.79 Å². The van der Waals surface area contributed by atoms with Crippen LogP contribution >= 0.6 is 12.6 Å². The average Bonchev–Trinajstić information content (AvgIpc) is 2.29. The number of thiol groups is 1. The smallest absolute Gasteiger partial charge is 0.341 e. The van der Waals surface area contributed by atoms with Gasteiger partial charge in [0.2, 0.25) is 0 Å². The maximum atomic E-state index is 10.6. The van der Waals surface area contributed by atoms with Crippen molar-refractivity contribution in [3.8, 4) is 11.5 Å². The molecule has 0 aliphatic rings. The van der Waals surface area contributed by atoms with Gasteiger partial charge < -0.3 is 14.6 Å². The van der Waals surface area contributed by atoms with Gasteiger partial charge in [-0.3, -0.25) is 0 Å². The van der Waals surface area contributed by atoms with Crippen molar-refractivity contribution in [3.05, 3.63) is 28.7 Å². The second-order valence-corrected chi connectivity index (χ2v) is 3.42. The largest absolute Gasteiger partial charge is 0.497 e. The van der Waals surface area contributed by atoms with Crippen molar-refractivity contribution in [2.45, 2.75) is 0 Å². The summed E-state index contributed by atoms with van der Waals surface area (Å²) in [4.78, 5) is 10.6. The van der Waals surface area contributed by atoms with Gasteiger partial charge in [0.15, 0.2) is 0 Å². The number of methoxy groups -OCH3 is 2. The van der Waals surface area contributed by atoms with Crippen LogP contribution in [0.25, 0.3) is 6.08 Å². The maximum absolute atomic E-state index is 10.6. The number of rotatable bonds is 4. The third kappa shape index (κ3) is 2.93. The van der Waals surface area contributed by atoms with Crippen molar-refractivity contribution in [2.24, 2.45) is 0 Å². The van der Waals surface area contributed by atoms with Gasteiger partial charge in [-0.05, 0) is 18.2 Å². The van der Waals surface area contributed by atoms with Gasteiger partial charge in [-0.15, -0.1) is 12.6 Å². The number of hydrogen-bond acceptors (Lipinski definition) is 4. The number of carboxylic acid groups (broad SMARTS) is 1. The van der Waals surface area contributed by atoms with E-state index < -0.39 is 5.97 Å². The molecule has 5 heteroatoms. The summed E-state index contributed by atoms with van der Waals surface area (Å²) in [5.41, 5.74) is 0.635. The second kappa shape index (κ2) is 5.46. The first-order chi connectivity index (χ1) is 7.58. The summed E-state index contributed by atoms with van der Waals surface area (Å²) in [5.74, 6) is 0.0957. The van der Waals surface area contributed by atoms with Crippen molar-refractivity contribution in [1.29, 1.82) is 0 Å². The van der Waals surface area contributed by atoms with Crippen LogP contribution in [0.15, 0.2) is 23.1 Å². The standard InChI is InChI=1S/C11H12O4S/c1-14-8-4-3-7(9(6-8)15-2)5-10(16)11(12)13/h3-6,16H,1-2H3,(H,12,13). The van der Waals surface area contributed by atoms with Crippen LogP contribution in [0.4, 0.5) is 0 Å². The Kier molecular flexibility index (Phi) is 4.25. The quantitative estimate of drug-likeness (QED) is 0.625. The monoisotopic (exact) mass is 240 g/mol. The van der Waals surface area contributed by atoms with Gasteiger partial charge in [-0.25, -0.2) is 4.79 Å². The minimum absolute atomic E-state index is 0.0523. The molecular weight excluding hydrogens is 228 g/mol. The Balaban J connectivity index is 3.14. The topological polar surface area (TPSA) is 55.8 Å². The first-order valence-electron chi connectivity index (χ1n) is 4.44. The molecule has 0 aliphatic carbocycles. The van der Waals surface area contributed by atoms with Crippen molar-refractivity contribution >= 4 is 24.7 Å². The molecule has 0 saturated carbocycles. The van der Waals surface area contributed by atoms with E-state index in [-0.39, 0.29) is 4.91 Å². The molecule has 0 aromatic heterocycles. The molecule has 0 saturated heterocycles. The molecule has 0 radical (unpaired) electrons. The summed E-state index contributed by atoms with van der Waals surface area (Å²) >= 11 is 3.85. The molecule has 86 valence electrons. The Morgan fingerprint density at radius 1 is 1.38 bits per heavy atom. The molecule has 0 fully saturated rings. The fourth-order valence-corrected chi connectivity index (χ4v) is 1.29. The SMILES string of the molecule is COc1ccc(C=C(S)C(=O)O)c(OC)c1. The lowest BCUT2D eigenvalue weighted by Crippen LogP contribution is -1.95. The molecule has 0 spiro atoms. The molecule has 0 atom stereocenters. The van der Waals surface area contributed by atoms with Crippen LogP contribution in [0.2, 0.25) is 0 Å². The molecule has 1 aromatic carbocycles. The van der Waals surface area contributed by atoms with Gasteiger partial charge in [0, 0.05) is 11.6 Å². The average molecular weight is 240 g/mol. The van der Waals surface area contributed by atoms with E-state index in [1.54, 1.807) is 25.3 Å². The molecule has 0 aliphatic heterocycles. The number of carbonyl (C=O) groups is 1. The van der Waals surface area contributed by atoms with E-state index in [1.165, 1.54) is 13.2 Å². The van der Waals surface area contributed by atoms with Crippen LogP contribution in [0, 0.1) is 0 Å². The van der Waals surface area contributed by atoms with E-state index in [1.807, 2.05) is 0 Å². The van der Waals surface area contributed by atoms with Crippen molar-refractivity contribution < 1.29 is 19.4 Å². The van der Waals surface area contributed by atoms with E-state index in [2.05, 4.69) is 12.6 Å². The van der Waals surface area contributed by atoms with Gasteiger partial charge in [-0.1, -0.05) is 0 Å². The lowest BCUT2D eigenvalue weighted by atomic mass is 10.1. The Morgan fingerprint density at radius 2 is 2.06 bits per heavy atom. The number of carboxylic acids is 1. The van der Waals surface area contributed by atoms with Crippen LogP contribution in [0.5, 0.6) is 11.5 Å². The number of aliphatic carboxylic acids is 1. The predicted molar refractivity (Wildman–Crippen MR) is 64.1 cm³/mol. The molecule has 0 bridgehead atoms.